The first-order chi connectivity index (χ1) is 4.86. The van der Waals surface area contributed by atoms with Crippen LogP contribution in [0.5, 0.6) is 0 Å². The SMILES string of the molecule is O=CC1CCC(/C=N/O)C1. The Balaban J connectivity index is 2.35. The molecule has 2 unspecified atom stereocenters. The number of nitrogens with zero attached hydrogens (tertiary/aromatic N) is 1. The maximum absolute atomic E-state index is 10.2. The monoisotopic (exact) mass is 141 g/mol. The predicted octanol–water partition coefficient (Wildman–Crippen LogP) is 1.06. The van der Waals surface area contributed by atoms with Gasteiger partial charge in [-0.15, -0.1) is 5.16 Å². The summed E-state index contributed by atoms with van der Waals surface area (Å²) in [6, 6.07) is 0. The van der Waals surface area contributed by atoms with Crippen molar-refractivity contribution in [3.63, 3.8) is 0 Å². The van der Waals surface area contributed by atoms with Gasteiger partial charge in [-0.05, 0) is 25.2 Å². The van der Waals surface area contributed by atoms with E-state index in [1.807, 2.05) is 0 Å². The van der Waals surface area contributed by atoms with Crippen molar-refractivity contribution in [2.45, 2.75) is 19.3 Å². The van der Waals surface area contributed by atoms with Gasteiger partial charge in [0.25, 0.3) is 0 Å². The fraction of sp³-hybridized carbons (Fsp3) is 0.714. The zero-order valence-electron chi connectivity index (χ0n) is 5.73. The van der Waals surface area contributed by atoms with Crippen LogP contribution in [0.2, 0.25) is 0 Å². The molecule has 0 aliphatic heterocycles. The summed E-state index contributed by atoms with van der Waals surface area (Å²) in [7, 11) is 0. The molecular formula is C7H11NO2. The van der Waals surface area contributed by atoms with Crippen LogP contribution in [0.4, 0.5) is 0 Å². The van der Waals surface area contributed by atoms with Gasteiger partial charge in [-0.25, -0.2) is 0 Å². The van der Waals surface area contributed by atoms with E-state index in [-0.39, 0.29) is 5.92 Å². The van der Waals surface area contributed by atoms with E-state index in [1.54, 1.807) is 0 Å². The average Bonchev–Trinajstić information content (AvgIpc) is 2.37. The summed E-state index contributed by atoms with van der Waals surface area (Å²) >= 11 is 0. The lowest BCUT2D eigenvalue weighted by Crippen LogP contribution is -1.98. The summed E-state index contributed by atoms with van der Waals surface area (Å²) in [6.07, 6.45) is 5.29. The lowest BCUT2D eigenvalue weighted by atomic mass is 10.1. The van der Waals surface area contributed by atoms with Crippen LogP contribution in [-0.4, -0.2) is 17.7 Å². The fourth-order valence-corrected chi connectivity index (χ4v) is 1.41. The van der Waals surface area contributed by atoms with Crippen molar-refractivity contribution in [1.82, 2.24) is 0 Å². The molecule has 1 saturated carbocycles. The molecule has 0 spiro atoms. The van der Waals surface area contributed by atoms with Crippen molar-refractivity contribution in [2.75, 3.05) is 0 Å². The highest BCUT2D eigenvalue weighted by atomic mass is 16.4. The Kier molecular flexibility index (Phi) is 2.42. The molecule has 0 amide bonds. The highest BCUT2D eigenvalue weighted by Gasteiger charge is 2.22. The Labute approximate surface area is 59.7 Å². The van der Waals surface area contributed by atoms with E-state index in [2.05, 4.69) is 5.16 Å². The molecule has 10 heavy (non-hydrogen) atoms. The van der Waals surface area contributed by atoms with Crippen LogP contribution in [0.1, 0.15) is 19.3 Å². The van der Waals surface area contributed by atoms with Gasteiger partial charge in [-0.1, -0.05) is 0 Å². The van der Waals surface area contributed by atoms with Gasteiger partial charge in [0.15, 0.2) is 0 Å². The number of hydrogen-bond donors (Lipinski definition) is 1. The van der Waals surface area contributed by atoms with Crippen molar-refractivity contribution in [3.05, 3.63) is 0 Å². The molecule has 1 rings (SSSR count). The molecule has 0 bridgehead atoms. The summed E-state index contributed by atoms with van der Waals surface area (Å²) in [5.74, 6) is 0.517. The topological polar surface area (TPSA) is 49.7 Å². The highest BCUT2D eigenvalue weighted by molar-refractivity contribution is 5.63. The molecule has 0 saturated heterocycles. The van der Waals surface area contributed by atoms with Gasteiger partial charge in [0.05, 0.1) is 0 Å². The quantitative estimate of drug-likeness (QED) is 0.270. The molecule has 56 valence electrons. The van der Waals surface area contributed by atoms with E-state index < -0.39 is 0 Å². The molecule has 2 atom stereocenters. The summed E-state index contributed by atoms with van der Waals surface area (Å²) in [5.41, 5.74) is 0. The Morgan fingerprint density at radius 3 is 2.60 bits per heavy atom. The Morgan fingerprint density at radius 2 is 2.10 bits per heavy atom. The fourth-order valence-electron chi connectivity index (χ4n) is 1.41. The minimum absolute atomic E-state index is 0.197. The third kappa shape index (κ3) is 1.56. The lowest BCUT2D eigenvalue weighted by molar-refractivity contribution is -0.110. The summed E-state index contributed by atoms with van der Waals surface area (Å²) in [5, 5.41) is 11.1. The van der Waals surface area contributed by atoms with Crippen molar-refractivity contribution in [3.8, 4) is 0 Å². The van der Waals surface area contributed by atoms with E-state index >= 15 is 0 Å². The molecule has 3 nitrogen and oxygen atoms in total. The van der Waals surface area contributed by atoms with Crippen LogP contribution < -0.4 is 0 Å². The molecule has 3 heteroatoms. The van der Waals surface area contributed by atoms with Crippen LogP contribution in [0.25, 0.3) is 0 Å². The van der Waals surface area contributed by atoms with Gasteiger partial charge in [0.1, 0.15) is 6.29 Å². The average molecular weight is 141 g/mol. The maximum Gasteiger partial charge on any atom is 0.123 e. The molecular weight excluding hydrogens is 130 g/mol. The second-order valence-corrected chi connectivity index (χ2v) is 2.73. The minimum atomic E-state index is 0.197. The Hall–Kier alpha value is -0.860. The van der Waals surface area contributed by atoms with E-state index in [0.29, 0.717) is 5.92 Å². The number of hydrogen-bond acceptors (Lipinski definition) is 3. The number of carbonyl (C=O) groups is 1. The van der Waals surface area contributed by atoms with Crippen LogP contribution in [0.15, 0.2) is 5.16 Å². The molecule has 0 aromatic heterocycles. The molecule has 1 fully saturated rings. The smallest absolute Gasteiger partial charge is 0.123 e. The summed E-state index contributed by atoms with van der Waals surface area (Å²) < 4.78 is 0. The van der Waals surface area contributed by atoms with Gasteiger partial charge in [0, 0.05) is 12.1 Å². The van der Waals surface area contributed by atoms with Crippen LogP contribution in [-0.2, 0) is 4.79 Å². The van der Waals surface area contributed by atoms with Gasteiger partial charge >= 0.3 is 0 Å². The molecule has 0 heterocycles. The number of rotatable bonds is 2. The molecule has 0 aromatic carbocycles. The molecule has 0 radical (unpaired) electrons. The van der Waals surface area contributed by atoms with E-state index in [1.165, 1.54) is 6.21 Å². The first-order valence-electron chi connectivity index (χ1n) is 3.49. The van der Waals surface area contributed by atoms with Crippen molar-refractivity contribution in [2.24, 2.45) is 17.0 Å². The van der Waals surface area contributed by atoms with Gasteiger partial charge in [-0.2, -0.15) is 0 Å². The summed E-state index contributed by atoms with van der Waals surface area (Å²) in [4.78, 5) is 10.2. The van der Waals surface area contributed by atoms with Crippen LogP contribution >= 0.6 is 0 Å². The third-order valence-electron chi connectivity index (χ3n) is 1.98. The maximum atomic E-state index is 10.2. The Morgan fingerprint density at radius 1 is 1.40 bits per heavy atom. The number of aldehydes is 1. The van der Waals surface area contributed by atoms with Crippen molar-refractivity contribution < 1.29 is 10.0 Å². The zero-order chi connectivity index (χ0) is 7.40. The minimum Gasteiger partial charge on any atom is -0.411 e. The molecule has 1 N–H and O–H groups in total. The summed E-state index contributed by atoms with van der Waals surface area (Å²) in [6.45, 7) is 0. The molecule has 1 aliphatic carbocycles. The van der Waals surface area contributed by atoms with Crippen molar-refractivity contribution in [1.29, 1.82) is 0 Å². The molecule has 1 aliphatic rings. The van der Waals surface area contributed by atoms with Crippen molar-refractivity contribution >= 4 is 12.5 Å². The largest absolute Gasteiger partial charge is 0.411 e. The van der Waals surface area contributed by atoms with Crippen LogP contribution in [0, 0.1) is 11.8 Å². The van der Waals surface area contributed by atoms with Gasteiger partial charge in [-0.3, -0.25) is 0 Å². The van der Waals surface area contributed by atoms with Gasteiger partial charge in [0.2, 0.25) is 0 Å². The van der Waals surface area contributed by atoms with Gasteiger partial charge < -0.3 is 10.0 Å². The van der Waals surface area contributed by atoms with E-state index in [0.717, 1.165) is 25.5 Å². The highest BCUT2D eigenvalue weighted by Crippen LogP contribution is 2.27. The lowest BCUT2D eigenvalue weighted by Gasteiger charge is -1.97. The third-order valence-corrected chi connectivity index (χ3v) is 1.98. The number of carbonyl (C=O) groups excluding carboxylic acids is 1. The normalized spacial score (nSPS) is 33.2. The van der Waals surface area contributed by atoms with Crippen LogP contribution in [0.3, 0.4) is 0 Å². The van der Waals surface area contributed by atoms with E-state index in [4.69, 9.17) is 5.21 Å². The zero-order valence-corrected chi connectivity index (χ0v) is 5.73. The standard InChI is InChI=1S/C7H11NO2/c9-5-7-2-1-6(3-7)4-8-10/h4-7,10H,1-3H2/b8-4+. The first-order valence-corrected chi connectivity index (χ1v) is 3.49. The predicted molar refractivity (Wildman–Crippen MR) is 37.2 cm³/mol. The Bertz CT molecular complexity index is 145. The number of oxime groups is 1. The van der Waals surface area contributed by atoms with E-state index in [9.17, 15) is 4.79 Å². The second-order valence-electron chi connectivity index (χ2n) is 2.73. The second kappa shape index (κ2) is 3.34. The molecule has 0 aromatic rings. The first kappa shape index (κ1) is 7.25.